The molecule has 0 bridgehead atoms. The Kier molecular flexibility index (Phi) is 4.54. The second-order valence-corrected chi connectivity index (χ2v) is 6.41. The van der Waals surface area contributed by atoms with Gasteiger partial charge in [0.05, 0.1) is 11.9 Å². The molecule has 5 heteroatoms. The molecule has 1 atom stereocenters. The number of hydrogen-bond acceptors (Lipinski definition) is 4. The fourth-order valence-electron chi connectivity index (χ4n) is 3.83. The van der Waals surface area contributed by atoms with Gasteiger partial charge >= 0.3 is 0 Å². The average molecular weight is 307 g/mol. The van der Waals surface area contributed by atoms with Crippen molar-refractivity contribution in [1.29, 1.82) is 0 Å². The molecule has 3 heterocycles. The summed E-state index contributed by atoms with van der Waals surface area (Å²) in [6.45, 7) is 5.00. The third kappa shape index (κ3) is 2.79. The highest BCUT2D eigenvalue weighted by Gasteiger charge is 2.46. The largest absolute Gasteiger partial charge is 0.459 e. The van der Waals surface area contributed by atoms with Gasteiger partial charge in [-0.3, -0.25) is 4.79 Å². The van der Waals surface area contributed by atoms with Gasteiger partial charge in [0.2, 0.25) is 0 Å². The van der Waals surface area contributed by atoms with Crippen molar-refractivity contribution in [1.82, 2.24) is 4.90 Å². The van der Waals surface area contributed by atoms with Crippen LogP contribution in [-0.2, 0) is 9.47 Å². The number of rotatable bonds is 4. The zero-order valence-electron chi connectivity index (χ0n) is 13.5. The Morgan fingerprint density at radius 3 is 2.86 bits per heavy atom. The lowest BCUT2D eigenvalue weighted by atomic mass is 9.78. The number of likely N-dealkylation sites (tertiary alicyclic amines) is 1. The molecule has 2 aliphatic rings. The highest BCUT2D eigenvalue weighted by Crippen LogP contribution is 2.42. The van der Waals surface area contributed by atoms with E-state index < -0.39 is 0 Å². The van der Waals surface area contributed by atoms with Crippen LogP contribution in [0.25, 0.3) is 0 Å². The van der Waals surface area contributed by atoms with Crippen LogP contribution in [0.5, 0.6) is 0 Å². The van der Waals surface area contributed by atoms with E-state index in [0.29, 0.717) is 11.7 Å². The van der Waals surface area contributed by atoms with Crippen molar-refractivity contribution in [3.8, 4) is 0 Å². The molecule has 0 N–H and O–H groups in total. The summed E-state index contributed by atoms with van der Waals surface area (Å²) < 4.78 is 16.7. The molecule has 0 saturated carbocycles. The Morgan fingerprint density at radius 1 is 1.45 bits per heavy atom. The number of carbonyl (C=O) groups is 1. The van der Waals surface area contributed by atoms with Crippen LogP contribution in [0.1, 0.15) is 41.8 Å². The summed E-state index contributed by atoms with van der Waals surface area (Å²) in [5, 5.41) is 0. The van der Waals surface area contributed by atoms with Gasteiger partial charge in [-0.05, 0) is 44.6 Å². The monoisotopic (exact) mass is 307 g/mol. The Hall–Kier alpha value is -1.33. The molecule has 1 aromatic heterocycles. The van der Waals surface area contributed by atoms with Crippen LogP contribution in [0, 0.1) is 12.8 Å². The molecular formula is C17H25NO4. The van der Waals surface area contributed by atoms with E-state index in [9.17, 15) is 4.79 Å². The van der Waals surface area contributed by atoms with Crippen molar-refractivity contribution >= 4 is 5.91 Å². The summed E-state index contributed by atoms with van der Waals surface area (Å²) in [7, 11) is 1.75. The van der Waals surface area contributed by atoms with E-state index in [2.05, 4.69) is 0 Å². The Morgan fingerprint density at radius 2 is 2.23 bits per heavy atom. The number of amides is 1. The predicted octanol–water partition coefficient (Wildman–Crippen LogP) is 2.64. The van der Waals surface area contributed by atoms with Crippen molar-refractivity contribution in [3.63, 3.8) is 0 Å². The number of furan rings is 1. The number of aryl methyl sites for hydroxylation is 1. The minimum absolute atomic E-state index is 0.00351. The van der Waals surface area contributed by atoms with Gasteiger partial charge in [-0.25, -0.2) is 0 Å². The molecule has 1 aromatic rings. The van der Waals surface area contributed by atoms with E-state index in [-0.39, 0.29) is 11.5 Å². The minimum Gasteiger partial charge on any atom is -0.459 e. The maximum Gasteiger partial charge on any atom is 0.289 e. The SMILES string of the molecule is COCCC1CCOC12CCN(C(=O)c1occc1C)CC2. The van der Waals surface area contributed by atoms with Crippen molar-refractivity contribution in [2.24, 2.45) is 5.92 Å². The van der Waals surface area contributed by atoms with Gasteiger partial charge in [0.1, 0.15) is 0 Å². The summed E-state index contributed by atoms with van der Waals surface area (Å²) >= 11 is 0. The van der Waals surface area contributed by atoms with Crippen molar-refractivity contribution in [2.75, 3.05) is 33.4 Å². The smallest absolute Gasteiger partial charge is 0.289 e. The van der Waals surface area contributed by atoms with Crippen LogP contribution in [0.2, 0.25) is 0 Å². The fourth-order valence-corrected chi connectivity index (χ4v) is 3.83. The highest BCUT2D eigenvalue weighted by atomic mass is 16.5. The van der Waals surface area contributed by atoms with E-state index >= 15 is 0 Å². The molecule has 0 aromatic carbocycles. The molecule has 1 amide bonds. The molecule has 0 aliphatic carbocycles. The lowest BCUT2D eigenvalue weighted by Gasteiger charge is -2.42. The lowest BCUT2D eigenvalue weighted by molar-refractivity contribution is -0.0664. The molecule has 122 valence electrons. The first-order valence-electron chi connectivity index (χ1n) is 8.12. The molecule has 1 spiro atoms. The van der Waals surface area contributed by atoms with Gasteiger partial charge in [0.25, 0.3) is 5.91 Å². The van der Waals surface area contributed by atoms with Crippen LogP contribution in [0.15, 0.2) is 16.7 Å². The van der Waals surface area contributed by atoms with Gasteiger partial charge in [0, 0.05) is 39.0 Å². The molecule has 0 radical (unpaired) electrons. The molecule has 1 unspecified atom stereocenters. The van der Waals surface area contributed by atoms with Gasteiger partial charge in [-0.1, -0.05) is 0 Å². The Labute approximate surface area is 131 Å². The van der Waals surface area contributed by atoms with Crippen molar-refractivity contribution in [3.05, 3.63) is 23.7 Å². The summed E-state index contributed by atoms with van der Waals surface area (Å²) in [6, 6.07) is 1.83. The average Bonchev–Trinajstić information content (AvgIpc) is 3.12. The standard InChI is InChI=1S/C17H25NO4/c1-13-3-11-21-15(13)16(19)18-8-6-17(7-9-18)14(4-10-20-2)5-12-22-17/h3,11,14H,4-10,12H2,1-2H3. The maximum atomic E-state index is 12.5. The van der Waals surface area contributed by atoms with E-state index in [1.165, 1.54) is 0 Å². The number of piperidine rings is 1. The quantitative estimate of drug-likeness (QED) is 0.858. The van der Waals surface area contributed by atoms with E-state index in [0.717, 1.165) is 57.6 Å². The molecule has 3 rings (SSSR count). The lowest BCUT2D eigenvalue weighted by Crippen LogP contribution is -2.49. The normalized spacial score (nSPS) is 24.1. The summed E-state index contributed by atoms with van der Waals surface area (Å²) in [5.41, 5.74) is 0.855. The zero-order chi connectivity index (χ0) is 15.6. The van der Waals surface area contributed by atoms with E-state index in [1.54, 1.807) is 13.4 Å². The maximum absolute atomic E-state index is 12.5. The second kappa shape index (κ2) is 6.42. The summed E-state index contributed by atoms with van der Waals surface area (Å²) in [5.74, 6) is 1.03. The van der Waals surface area contributed by atoms with Crippen LogP contribution in [0.4, 0.5) is 0 Å². The van der Waals surface area contributed by atoms with Gasteiger partial charge in [-0.2, -0.15) is 0 Å². The van der Waals surface area contributed by atoms with E-state index in [1.807, 2.05) is 17.9 Å². The van der Waals surface area contributed by atoms with Crippen molar-refractivity contribution in [2.45, 2.75) is 38.2 Å². The number of methoxy groups -OCH3 is 1. The first-order valence-corrected chi connectivity index (χ1v) is 8.12. The van der Waals surface area contributed by atoms with Gasteiger partial charge in [-0.15, -0.1) is 0 Å². The molecule has 2 fully saturated rings. The van der Waals surface area contributed by atoms with Crippen LogP contribution >= 0.6 is 0 Å². The molecule has 5 nitrogen and oxygen atoms in total. The van der Waals surface area contributed by atoms with Crippen molar-refractivity contribution < 1.29 is 18.7 Å². The second-order valence-electron chi connectivity index (χ2n) is 6.41. The van der Waals surface area contributed by atoms with E-state index in [4.69, 9.17) is 13.9 Å². The molecule has 22 heavy (non-hydrogen) atoms. The molecule has 2 saturated heterocycles. The van der Waals surface area contributed by atoms with Gasteiger partial charge in [0.15, 0.2) is 5.76 Å². The molecule has 2 aliphatic heterocycles. The highest BCUT2D eigenvalue weighted by molar-refractivity contribution is 5.92. The van der Waals surface area contributed by atoms with Gasteiger partial charge < -0.3 is 18.8 Å². The first-order chi connectivity index (χ1) is 10.7. The topological polar surface area (TPSA) is 51.9 Å². The first kappa shape index (κ1) is 15.6. The fraction of sp³-hybridized carbons (Fsp3) is 0.706. The zero-order valence-corrected chi connectivity index (χ0v) is 13.5. The predicted molar refractivity (Wildman–Crippen MR) is 81.9 cm³/mol. The number of nitrogens with zero attached hydrogens (tertiary/aromatic N) is 1. The van der Waals surface area contributed by atoms with Crippen LogP contribution in [-0.4, -0.2) is 49.8 Å². The summed E-state index contributed by atoms with van der Waals surface area (Å²) in [4.78, 5) is 14.4. The number of carbonyl (C=O) groups excluding carboxylic acids is 1. The third-order valence-electron chi connectivity index (χ3n) is 5.22. The minimum atomic E-state index is -0.0481. The Balaban J connectivity index is 1.62. The number of ether oxygens (including phenoxy) is 2. The number of hydrogen-bond donors (Lipinski definition) is 0. The Bertz CT molecular complexity index is 516. The molecular weight excluding hydrogens is 282 g/mol. The van der Waals surface area contributed by atoms with Crippen LogP contribution < -0.4 is 0 Å². The third-order valence-corrected chi connectivity index (χ3v) is 5.22. The van der Waals surface area contributed by atoms with Crippen LogP contribution in [0.3, 0.4) is 0 Å². The summed E-state index contributed by atoms with van der Waals surface area (Å²) in [6.07, 6.45) is 5.55.